The Bertz CT molecular complexity index is 2470. The van der Waals surface area contributed by atoms with E-state index in [2.05, 4.69) is 58.0 Å². The van der Waals surface area contributed by atoms with Crippen molar-refractivity contribution >= 4 is 44.3 Å². The molecule has 8 rings (SSSR count). The molecule has 0 saturated carbocycles. The van der Waals surface area contributed by atoms with Gasteiger partial charge in [-0.25, -0.2) is 5.01 Å². The molecule has 1 aromatic heterocycles. The summed E-state index contributed by atoms with van der Waals surface area (Å²) in [7, 11) is -4.01. The third kappa shape index (κ3) is 7.09. The van der Waals surface area contributed by atoms with Crippen LogP contribution in [0, 0.1) is 0 Å². The van der Waals surface area contributed by atoms with Crippen molar-refractivity contribution in [3.8, 4) is 11.4 Å². The van der Waals surface area contributed by atoms with E-state index in [4.69, 9.17) is 27.0 Å². The van der Waals surface area contributed by atoms with Crippen molar-refractivity contribution in [1.82, 2.24) is 25.2 Å². The van der Waals surface area contributed by atoms with Crippen LogP contribution in [-0.2, 0) is 15.6 Å². The molecule has 12 heteroatoms. The number of hydrazone groups is 1. The molecular formula is C43H34ClN7O2S2. The number of hydrogen-bond donors (Lipinski definition) is 0. The normalized spacial score (nSPS) is 14.9. The Hall–Kier alpha value is -5.88. The predicted octanol–water partition coefficient (Wildman–Crippen LogP) is 8.75. The molecule has 0 saturated heterocycles. The summed E-state index contributed by atoms with van der Waals surface area (Å²) >= 11 is 7.23. The summed E-state index contributed by atoms with van der Waals surface area (Å²) in [6, 6.07) is 54.6. The lowest BCUT2D eigenvalue weighted by Gasteiger charge is -2.34. The molecule has 0 amide bonds. The van der Waals surface area contributed by atoms with Crippen molar-refractivity contribution in [2.45, 2.75) is 16.4 Å². The molecule has 7 aromatic rings. The molecule has 1 aliphatic heterocycles. The highest BCUT2D eigenvalue weighted by Crippen LogP contribution is 2.40. The maximum absolute atomic E-state index is 13.3. The first-order valence-electron chi connectivity index (χ1n) is 17.5. The van der Waals surface area contributed by atoms with Crippen LogP contribution in [-0.4, -0.2) is 57.3 Å². The first kappa shape index (κ1) is 36.1. The van der Waals surface area contributed by atoms with Gasteiger partial charge in [0.1, 0.15) is 0 Å². The lowest BCUT2D eigenvalue weighted by Crippen LogP contribution is -2.39. The average Bonchev–Trinajstić information content (AvgIpc) is 3.91. The Labute approximate surface area is 329 Å². The Balaban J connectivity index is 1.17. The van der Waals surface area contributed by atoms with Gasteiger partial charge in [0.05, 0.1) is 17.2 Å². The predicted molar refractivity (Wildman–Crippen MR) is 220 cm³/mol. The zero-order valence-electron chi connectivity index (χ0n) is 29.6. The minimum absolute atomic E-state index is 0.0566. The van der Waals surface area contributed by atoms with Gasteiger partial charge in [-0.05, 0) is 63.6 Å². The van der Waals surface area contributed by atoms with Crippen LogP contribution in [0.4, 0.5) is 0 Å². The maximum Gasteiger partial charge on any atom is 0.284 e. The number of benzene rings is 6. The summed E-state index contributed by atoms with van der Waals surface area (Å²) in [4.78, 5) is 1.77. The summed E-state index contributed by atoms with van der Waals surface area (Å²) in [5.41, 5.74) is 5.60. The summed E-state index contributed by atoms with van der Waals surface area (Å²) in [6.45, 7) is 0.410. The minimum Gasteiger partial charge on any atom is -0.240 e. The minimum atomic E-state index is -4.01. The van der Waals surface area contributed by atoms with Crippen molar-refractivity contribution < 1.29 is 8.42 Å². The fourth-order valence-electron chi connectivity index (χ4n) is 6.93. The molecule has 0 fully saturated rings. The molecule has 9 nitrogen and oxygen atoms in total. The molecule has 2 heterocycles. The third-order valence-corrected chi connectivity index (χ3v) is 11.9. The van der Waals surface area contributed by atoms with Crippen LogP contribution in [0.25, 0.3) is 11.4 Å². The van der Waals surface area contributed by atoms with E-state index in [1.165, 1.54) is 36.0 Å². The number of hydrogen-bond acceptors (Lipinski definition) is 7. The summed E-state index contributed by atoms with van der Waals surface area (Å²) in [5.74, 6) is 0.322. The summed E-state index contributed by atoms with van der Waals surface area (Å²) in [6.07, 6.45) is 1.79. The second-order valence-electron chi connectivity index (χ2n) is 12.8. The molecule has 0 spiro atoms. The van der Waals surface area contributed by atoms with Gasteiger partial charge >= 0.3 is 0 Å². The van der Waals surface area contributed by atoms with Crippen LogP contribution >= 0.6 is 23.4 Å². The van der Waals surface area contributed by atoms with Gasteiger partial charge in [0.25, 0.3) is 10.0 Å². The number of sulfonamides is 1. The third-order valence-electron chi connectivity index (χ3n) is 9.56. The molecule has 272 valence electrons. The van der Waals surface area contributed by atoms with Crippen LogP contribution in [0.3, 0.4) is 0 Å². The number of rotatable bonds is 9. The van der Waals surface area contributed by atoms with Crippen LogP contribution in [0.2, 0.25) is 5.02 Å². The topological polar surface area (TPSA) is 106 Å². The Kier molecular flexibility index (Phi) is 10.2. The van der Waals surface area contributed by atoms with Gasteiger partial charge in [-0.2, -0.15) is 13.5 Å². The highest BCUT2D eigenvalue weighted by Gasteiger charge is 2.41. The Morgan fingerprint density at radius 2 is 1.22 bits per heavy atom. The SMILES string of the molecule is CSC(=NS(=O)(=O)c1ccc(Cl)cc1)N1CC(c2ccccc2)C(c2ccc(-c3nnn(C(c4ccccc4)(c4ccccc4)c4ccccc4)n3)cc2)=N1. The molecule has 0 bridgehead atoms. The number of amidine groups is 1. The second-order valence-corrected chi connectivity index (χ2v) is 15.6. The van der Waals surface area contributed by atoms with E-state index in [9.17, 15) is 8.42 Å². The summed E-state index contributed by atoms with van der Waals surface area (Å²) < 4.78 is 30.8. The van der Waals surface area contributed by atoms with E-state index in [0.29, 0.717) is 17.4 Å². The smallest absolute Gasteiger partial charge is 0.240 e. The van der Waals surface area contributed by atoms with E-state index in [1.54, 1.807) is 16.1 Å². The van der Waals surface area contributed by atoms with Crippen molar-refractivity contribution in [3.05, 3.63) is 203 Å². The fourth-order valence-corrected chi connectivity index (χ4v) is 8.86. The largest absolute Gasteiger partial charge is 0.284 e. The van der Waals surface area contributed by atoms with Crippen LogP contribution in [0.15, 0.2) is 184 Å². The lowest BCUT2D eigenvalue weighted by molar-refractivity contribution is 0.396. The van der Waals surface area contributed by atoms with Crippen LogP contribution in [0.1, 0.15) is 33.7 Å². The molecule has 55 heavy (non-hydrogen) atoms. The van der Waals surface area contributed by atoms with E-state index in [-0.39, 0.29) is 16.0 Å². The number of tetrazole rings is 1. The van der Waals surface area contributed by atoms with Crippen molar-refractivity contribution in [1.29, 1.82) is 0 Å². The zero-order chi connectivity index (χ0) is 37.8. The lowest BCUT2D eigenvalue weighted by atomic mass is 9.77. The van der Waals surface area contributed by atoms with Gasteiger partial charge < -0.3 is 0 Å². The molecular weight excluding hydrogens is 746 g/mol. The average molecular weight is 780 g/mol. The fraction of sp³-hybridized carbons (Fsp3) is 0.0930. The van der Waals surface area contributed by atoms with Crippen molar-refractivity contribution in [2.75, 3.05) is 12.8 Å². The highest BCUT2D eigenvalue weighted by atomic mass is 35.5. The quantitative estimate of drug-likeness (QED) is 0.0820. The second kappa shape index (κ2) is 15.5. The molecule has 1 unspecified atom stereocenters. The van der Waals surface area contributed by atoms with Gasteiger partial charge in [0.2, 0.25) is 5.82 Å². The van der Waals surface area contributed by atoms with E-state index in [1.807, 2.05) is 97.1 Å². The monoisotopic (exact) mass is 779 g/mol. The number of thioether (sulfide) groups is 1. The standard InChI is InChI=1S/C43H34ClN7O2S2/c1-54-42(48-55(52,53)38-28-26-37(44)27-29-38)50-30-39(31-14-6-2-7-15-31)40(46-50)32-22-24-33(25-23-32)41-45-49-51(47-41)43(34-16-8-3-9-17-34,35-18-10-4-11-19-35)36-20-12-5-13-21-36/h2-29,39H,30H2,1H3. The van der Waals surface area contributed by atoms with Gasteiger partial charge in [-0.15, -0.1) is 19.4 Å². The van der Waals surface area contributed by atoms with E-state index in [0.717, 1.165) is 39.1 Å². The Morgan fingerprint density at radius 1 is 0.709 bits per heavy atom. The summed E-state index contributed by atoms with van der Waals surface area (Å²) in [5, 5.41) is 21.7. The van der Waals surface area contributed by atoms with Gasteiger partial charge in [-0.1, -0.05) is 169 Å². The van der Waals surface area contributed by atoms with E-state index >= 15 is 0 Å². The molecule has 1 aliphatic rings. The molecule has 0 N–H and O–H groups in total. The molecule has 0 radical (unpaired) electrons. The zero-order valence-corrected chi connectivity index (χ0v) is 32.0. The van der Waals surface area contributed by atoms with Crippen LogP contribution in [0.5, 0.6) is 0 Å². The highest BCUT2D eigenvalue weighted by molar-refractivity contribution is 8.13. The molecule has 6 aromatic carbocycles. The molecule has 1 atom stereocenters. The number of aromatic nitrogens is 4. The number of nitrogens with zero attached hydrogens (tertiary/aromatic N) is 7. The van der Waals surface area contributed by atoms with Gasteiger partial charge in [0, 0.05) is 16.5 Å². The van der Waals surface area contributed by atoms with Crippen molar-refractivity contribution in [3.63, 3.8) is 0 Å². The van der Waals surface area contributed by atoms with Crippen molar-refractivity contribution in [2.24, 2.45) is 9.50 Å². The van der Waals surface area contributed by atoms with Crippen LogP contribution < -0.4 is 0 Å². The number of halogens is 1. The first-order valence-corrected chi connectivity index (χ1v) is 20.5. The van der Waals surface area contributed by atoms with E-state index < -0.39 is 15.6 Å². The van der Waals surface area contributed by atoms with Gasteiger partial charge in [0.15, 0.2) is 10.7 Å². The first-order chi connectivity index (χ1) is 26.9. The Morgan fingerprint density at radius 3 is 1.75 bits per heavy atom. The molecule has 0 aliphatic carbocycles. The maximum atomic E-state index is 13.3. The van der Waals surface area contributed by atoms with Gasteiger partial charge in [-0.3, -0.25) is 0 Å².